The van der Waals surface area contributed by atoms with E-state index < -0.39 is 0 Å². The van der Waals surface area contributed by atoms with Crippen molar-refractivity contribution in [2.75, 3.05) is 7.05 Å². The average molecular weight is 249 g/mol. The topological polar surface area (TPSA) is 12.0 Å². The third kappa shape index (κ3) is 2.24. The van der Waals surface area contributed by atoms with E-state index in [2.05, 4.69) is 26.2 Å². The van der Waals surface area contributed by atoms with Gasteiger partial charge in [-0.1, -0.05) is 20.3 Å². The Morgan fingerprint density at radius 1 is 1.00 bits per heavy atom. The molecule has 0 radical (unpaired) electrons. The molecule has 4 saturated carbocycles. The fourth-order valence-electron chi connectivity index (χ4n) is 5.69. The zero-order valence-corrected chi connectivity index (χ0v) is 12.5. The van der Waals surface area contributed by atoms with Gasteiger partial charge in [-0.05, 0) is 81.1 Å². The number of nitrogens with one attached hydrogen (secondary N) is 1. The van der Waals surface area contributed by atoms with Crippen LogP contribution in [0.1, 0.15) is 58.8 Å². The lowest BCUT2D eigenvalue weighted by Gasteiger charge is -2.56. The Labute approximate surface area is 113 Å². The molecule has 2 unspecified atom stereocenters. The van der Waals surface area contributed by atoms with Gasteiger partial charge in [-0.3, -0.25) is 0 Å². The highest BCUT2D eigenvalue weighted by Gasteiger charge is 2.50. The van der Waals surface area contributed by atoms with E-state index in [4.69, 9.17) is 0 Å². The van der Waals surface area contributed by atoms with Crippen molar-refractivity contribution in [3.05, 3.63) is 0 Å². The van der Waals surface area contributed by atoms with E-state index in [1.165, 1.54) is 12.8 Å². The molecule has 0 heterocycles. The van der Waals surface area contributed by atoms with Crippen LogP contribution in [-0.4, -0.2) is 13.1 Å². The fraction of sp³-hybridized carbons (Fsp3) is 1.00. The number of rotatable bonds is 5. The third-order valence-electron chi connectivity index (χ3n) is 6.49. The van der Waals surface area contributed by atoms with Crippen LogP contribution in [0.2, 0.25) is 0 Å². The first-order chi connectivity index (χ1) is 8.71. The summed E-state index contributed by atoms with van der Waals surface area (Å²) in [7, 11) is 2.21. The summed E-state index contributed by atoms with van der Waals surface area (Å²) in [6, 6.07) is 0.801. The fourth-order valence-corrected chi connectivity index (χ4v) is 5.69. The van der Waals surface area contributed by atoms with E-state index in [1.807, 2.05) is 0 Å². The smallest absolute Gasteiger partial charge is 0.0100 e. The molecular weight excluding hydrogens is 218 g/mol. The summed E-state index contributed by atoms with van der Waals surface area (Å²) in [6.45, 7) is 4.77. The summed E-state index contributed by atoms with van der Waals surface area (Å²) >= 11 is 0. The van der Waals surface area contributed by atoms with E-state index in [9.17, 15) is 0 Å². The first-order valence-corrected chi connectivity index (χ1v) is 8.38. The molecular formula is C17H31N. The zero-order chi connectivity index (χ0) is 12.7. The maximum atomic E-state index is 3.70. The maximum Gasteiger partial charge on any atom is 0.0100 e. The maximum absolute atomic E-state index is 3.70. The standard InChI is InChI=1S/C17H31N/c1-4-11(2)5-16(18-3)17-14-7-12-6-13(9-14)10-15(17)8-12/h11-18H,4-10H2,1-3H3. The van der Waals surface area contributed by atoms with Crippen molar-refractivity contribution in [1.82, 2.24) is 5.32 Å². The van der Waals surface area contributed by atoms with Crippen LogP contribution in [-0.2, 0) is 0 Å². The molecule has 18 heavy (non-hydrogen) atoms. The molecule has 0 spiro atoms. The Morgan fingerprint density at radius 3 is 2.00 bits per heavy atom. The Balaban J connectivity index is 1.70. The molecule has 0 aliphatic heterocycles. The third-order valence-corrected chi connectivity index (χ3v) is 6.49. The van der Waals surface area contributed by atoms with E-state index in [-0.39, 0.29) is 0 Å². The second kappa shape index (κ2) is 5.15. The predicted octanol–water partition coefficient (Wildman–Crippen LogP) is 4.08. The van der Waals surface area contributed by atoms with Crippen LogP contribution < -0.4 is 5.32 Å². The van der Waals surface area contributed by atoms with Crippen LogP contribution in [0, 0.1) is 35.5 Å². The molecule has 0 saturated heterocycles. The van der Waals surface area contributed by atoms with Gasteiger partial charge in [0, 0.05) is 6.04 Å². The lowest BCUT2D eigenvalue weighted by Crippen LogP contribution is -2.52. The Morgan fingerprint density at radius 2 is 1.56 bits per heavy atom. The van der Waals surface area contributed by atoms with Crippen molar-refractivity contribution in [2.45, 2.75) is 64.8 Å². The van der Waals surface area contributed by atoms with Gasteiger partial charge in [0.05, 0.1) is 0 Å². The molecule has 1 nitrogen and oxygen atoms in total. The molecule has 0 amide bonds. The van der Waals surface area contributed by atoms with Crippen molar-refractivity contribution in [3.63, 3.8) is 0 Å². The molecule has 1 heteroatoms. The molecule has 4 aliphatic carbocycles. The normalized spacial score (nSPS) is 45.2. The van der Waals surface area contributed by atoms with Crippen LogP contribution in [0.4, 0.5) is 0 Å². The van der Waals surface area contributed by atoms with E-state index >= 15 is 0 Å². The van der Waals surface area contributed by atoms with Crippen molar-refractivity contribution in [1.29, 1.82) is 0 Å². The van der Waals surface area contributed by atoms with Crippen molar-refractivity contribution >= 4 is 0 Å². The van der Waals surface area contributed by atoms with Crippen molar-refractivity contribution in [3.8, 4) is 0 Å². The van der Waals surface area contributed by atoms with Gasteiger partial charge in [-0.15, -0.1) is 0 Å². The Bertz CT molecular complexity index is 257. The largest absolute Gasteiger partial charge is 0.317 e. The molecule has 0 aromatic heterocycles. The van der Waals surface area contributed by atoms with Crippen molar-refractivity contribution in [2.24, 2.45) is 35.5 Å². The van der Waals surface area contributed by atoms with Gasteiger partial charge >= 0.3 is 0 Å². The zero-order valence-electron chi connectivity index (χ0n) is 12.5. The van der Waals surface area contributed by atoms with Crippen LogP contribution in [0.25, 0.3) is 0 Å². The summed E-state index contributed by atoms with van der Waals surface area (Å²) in [5.74, 6) is 6.27. The van der Waals surface area contributed by atoms with Crippen LogP contribution in [0.3, 0.4) is 0 Å². The lowest BCUT2D eigenvalue weighted by atomic mass is 9.50. The number of hydrogen-bond acceptors (Lipinski definition) is 1. The Kier molecular flexibility index (Phi) is 3.71. The van der Waals surface area contributed by atoms with Crippen LogP contribution in [0.5, 0.6) is 0 Å². The van der Waals surface area contributed by atoms with Gasteiger partial charge in [-0.25, -0.2) is 0 Å². The summed E-state index contributed by atoms with van der Waals surface area (Å²) in [6.07, 6.45) is 10.6. The van der Waals surface area contributed by atoms with Crippen LogP contribution >= 0.6 is 0 Å². The molecule has 4 rings (SSSR count). The highest BCUT2D eigenvalue weighted by molar-refractivity contribution is 5.01. The molecule has 4 bridgehead atoms. The van der Waals surface area contributed by atoms with Crippen LogP contribution in [0.15, 0.2) is 0 Å². The summed E-state index contributed by atoms with van der Waals surface area (Å²) < 4.78 is 0. The Hall–Kier alpha value is -0.0400. The van der Waals surface area contributed by atoms with Gasteiger partial charge in [0.15, 0.2) is 0 Å². The molecule has 1 N–H and O–H groups in total. The first kappa shape index (κ1) is 13.0. The number of hydrogen-bond donors (Lipinski definition) is 1. The summed E-state index contributed by atoms with van der Waals surface area (Å²) in [5, 5.41) is 3.70. The molecule has 0 aromatic carbocycles. The van der Waals surface area contributed by atoms with Gasteiger partial charge in [-0.2, -0.15) is 0 Å². The average Bonchev–Trinajstić information content (AvgIpc) is 2.35. The first-order valence-electron chi connectivity index (χ1n) is 8.38. The van der Waals surface area contributed by atoms with E-state index in [0.717, 1.165) is 41.5 Å². The van der Waals surface area contributed by atoms with Gasteiger partial charge < -0.3 is 5.32 Å². The highest BCUT2D eigenvalue weighted by atomic mass is 14.9. The minimum Gasteiger partial charge on any atom is -0.317 e. The molecule has 0 aromatic rings. The van der Waals surface area contributed by atoms with Gasteiger partial charge in [0.25, 0.3) is 0 Å². The molecule has 4 fully saturated rings. The molecule has 104 valence electrons. The monoisotopic (exact) mass is 249 g/mol. The van der Waals surface area contributed by atoms with Gasteiger partial charge in [0.1, 0.15) is 0 Å². The van der Waals surface area contributed by atoms with E-state index in [0.29, 0.717) is 0 Å². The second-order valence-corrected chi connectivity index (χ2v) is 7.65. The van der Waals surface area contributed by atoms with Crippen molar-refractivity contribution < 1.29 is 0 Å². The lowest BCUT2D eigenvalue weighted by molar-refractivity contribution is -0.0536. The van der Waals surface area contributed by atoms with E-state index in [1.54, 1.807) is 32.1 Å². The second-order valence-electron chi connectivity index (χ2n) is 7.65. The summed E-state index contributed by atoms with van der Waals surface area (Å²) in [4.78, 5) is 0. The molecule has 4 aliphatic rings. The predicted molar refractivity (Wildman–Crippen MR) is 77.5 cm³/mol. The minimum atomic E-state index is 0.801. The SMILES string of the molecule is CCC(C)CC(NC)C1C2CC3CC(C2)CC1C3. The quantitative estimate of drug-likeness (QED) is 0.774. The minimum absolute atomic E-state index is 0.801. The highest BCUT2D eigenvalue weighted by Crippen LogP contribution is 2.57. The summed E-state index contributed by atoms with van der Waals surface area (Å²) in [5.41, 5.74) is 0. The van der Waals surface area contributed by atoms with Gasteiger partial charge in [0.2, 0.25) is 0 Å². The molecule has 2 atom stereocenters.